The van der Waals surface area contributed by atoms with E-state index in [2.05, 4.69) is 15.3 Å². The molecular weight excluding hydrogens is 333 g/mol. The van der Waals surface area contributed by atoms with E-state index in [0.717, 1.165) is 11.1 Å². The summed E-state index contributed by atoms with van der Waals surface area (Å²) >= 11 is 0. The van der Waals surface area contributed by atoms with Gasteiger partial charge in [0, 0.05) is 12.6 Å². The Morgan fingerprint density at radius 3 is 2.54 bits per heavy atom. The van der Waals surface area contributed by atoms with Gasteiger partial charge in [-0.15, -0.1) is 0 Å². The van der Waals surface area contributed by atoms with E-state index in [0.29, 0.717) is 25.5 Å². The van der Waals surface area contributed by atoms with E-state index in [1.165, 1.54) is 24.5 Å². The minimum atomic E-state index is -0.306. The second kappa shape index (κ2) is 8.71. The van der Waals surface area contributed by atoms with Gasteiger partial charge >= 0.3 is 0 Å². The van der Waals surface area contributed by atoms with Crippen LogP contribution in [-0.2, 0) is 13.0 Å². The van der Waals surface area contributed by atoms with Crippen LogP contribution in [0.3, 0.4) is 0 Å². The highest BCUT2D eigenvalue weighted by Crippen LogP contribution is 2.10. The minimum absolute atomic E-state index is 0.238. The molecule has 0 aliphatic carbocycles. The number of halogens is 1. The summed E-state index contributed by atoms with van der Waals surface area (Å²) in [5.74, 6) is -0.242. The van der Waals surface area contributed by atoms with Crippen LogP contribution >= 0.6 is 0 Å². The lowest BCUT2D eigenvalue weighted by atomic mass is 10.1. The molecule has 0 unspecified atom stereocenters. The molecule has 1 heterocycles. The van der Waals surface area contributed by atoms with Crippen LogP contribution in [0.15, 0.2) is 67.0 Å². The molecule has 0 aliphatic rings. The highest BCUT2D eigenvalue weighted by molar-refractivity contribution is 5.92. The van der Waals surface area contributed by atoms with Crippen molar-refractivity contribution < 1.29 is 13.9 Å². The normalized spacial score (nSPS) is 10.3. The van der Waals surface area contributed by atoms with Crippen LogP contribution in [0.4, 0.5) is 4.39 Å². The number of aromatic nitrogens is 2. The fraction of sp³-hybridized carbons (Fsp3) is 0.150. The van der Waals surface area contributed by atoms with Gasteiger partial charge in [0.05, 0.1) is 0 Å². The van der Waals surface area contributed by atoms with Gasteiger partial charge < -0.3 is 10.1 Å². The first-order chi connectivity index (χ1) is 12.7. The predicted molar refractivity (Wildman–Crippen MR) is 95.2 cm³/mol. The summed E-state index contributed by atoms with van der Waals surface area (Å²) in [4.78, 5) is 20.2. The maximum Gasteiger partial charge on any atom is 0.270 e. The molecule has 0 bridgehead atoms. The molecule has 1 N–H and O–H groups in total. The summed E-state index contributed by atoms with van der Waals surface area (Å²) in [6, 6.07) is 17.4. The second-order valence-electron chi connectivity index (χ2n) is 5.65. The van der Waals surface area contributed by atoms with Crippen LogP contribution in [0.1, 0.15) is 21.6 Å². The Labute approximate surface area is 150 Å². The summed E-state index contributed by atoms with van der Waals surface area (Å²) < 4.78 is 18.5. The van der Waals surface area contributed by atoms with E-state index in [9.17, 15) is 9.18 Å². The van der Waals surface area contributed by atoms with Gasteiger partial charge in [0.2, 0.25) is 5.88 Å². The van der Waals surface area contributed by atoms with E-state index >= 15 is 0 Å². The lowest BCUT2D eigenvalue weighted by Crippen LogP contribution is -2.26. The number of hydrogen-bond acceptors (Lipinski definition) is 4. The van der Waals surface area contributed by atoms with Crippen molar-refractivity contribution in [3.05, 3.63) is 89.6 Å². The third-order valence-electron chi connectivity index (χ3n) is 3.72. The van der Waals surface area contributed by atoms with Crippen molar-refractivity contribution in [3.63, 3.8) is 0 Å². The molecule has 1 amide bonds. The zero-order chi connectivity index (χ0) is 18.2. The summed E-state index contributed by atoms with van der Waals surface area (Å²) in [5, 5.41) is 2.78. The van der Waals surface area contributed by atoms with Gasteiger partial charge in [0.1, 0.15) is 24.4 Å². The molecule has 0 saturated carbocycles. The molecule has 0 atom stereocenters. The molecule has 0 spiro atoms. The molecule has 6 heteroatoms. The molecule has 3 rings (SSSR count). The van der Waals surface area contributed by atoms with Crippen LogP contribution in [0.2, 0.25) is 0 Å². The van der Waals surface area contributed by atoms with Crippen molar-refractivity contribution >= 4 is 5.91 Å². The Balaban J connectivity index is 1.51. The first-order valence-electron chi connectivity index (χ1n) is 8.22. The average molecular weight is 351 g/mol. The molecule has 3 aromatic rings. The first kappa shape index (κ1) is 17.5. The Bertz CT molecular complexity index is 854. The average Bonchev–Trinajstić information content (AvgIpc) is 2.69. The molecule has 26 heavy (non-hydrogen) atoms. The van der Waals surface area contributed by atoms with Gasteiger partial charge in [-0.1, -0.05) is 42.5 Å². The van der Waals surface area contributed by atoms with Crippen LogP contribution in [0, 0.1) is 5.82 Å². The molecule has 5 nitrogen and oxygen atoms in total. The zero-order valence-corrected chi connectivity index (χ0v) is 14.1. The quantitative estimate of drug-likeness (QED) is 0.710. The summed E-state index contributed by atoms with van der Waals surface area (Å²) in [6.07, 6.45) is 1.91. The zero-order valence-electron chi connectivity index (χ0n) is 14.1. The highest BCUT2D eigenvalue weighted by atomic mass is 19.1. The molecule has 0 aliphatic heterocycles. The van der Waals surface area contributed by atoms with E-state index in [1.54, 1.807) is 12.1 Å². The van der Waals surface area contributed by atoms with Crippen LogP contribution in [-0.4, -0.2) is 22.4 Å². The van der Waals surface area contributed by atoms with Gasteiger partial charge in [-0.2, -0.15) is 0 Å². The minimum Gasteiger partial charge on any atom is -0.473 e. The Hall–Kier alpha value is -3.28. The van der Waals surface area contributed by atoms with Crippen LogP contribution in [0.25, 0.3) is 0 Å². The van der Waals surface area contributed by atoms with E-state index in [1.807, 2.05) is 30.3 Å². The predicted octanol–water partition coefficient (Wildman–Crippen LogP) is 3.17. The molecular formula is C20H18FN3O2. The van der Waals surface area contributed by atoms with Gasteiger partial charge in [-0.25, -0.2) is 14.4 Å². The van der Waals surface area contributed by atoms with Crippen molar-refractivity contribution in [1.29, 1.82) is 0 Å². The van der Waals surface area contributed by atoms with Gasteiger partial charge in [0.15, 0.2) is 0 Å². The Morgan fingerprint density at radius 1 is 1.00 bits per heavy atom. The number of amides is 1. The summed E-state index contributed by atoms with van der Waals surface area (Å²) in [7, 11) is 0. The van der Waals surface area contributed by atoms with Crippen molar-refractivity contribution in [2.75, 3.05) is 6.54 Å². The third kappa shape index (κ3) is 5.11. The number of carbonyl (C=O) groups excluding carboxylic acids is 1. The molecule has 0 radical (unpaired) electrons. The van der Waals surface area contributed by atoms with Crippen molar-refractivity contribution in [3.8, 4) is 5.88 Å². The van der Waals surface area contributed by atoms with Gasteiger partial charge in [0.25, 0.3) is 5.91 Å². The second-order valence-corrected chi connectivity index (χ2v) is 5.65. The maximum absolute atomic E-state index is 12.9. The van der Waals surface area contributed by atoms with Crippen LogP contribution < -0.4 is 10.1 Å². The smallest absolute Gasteiger partial charge is 0.270 e. The lowest BCUT2D eigenvalue weighted by Gasteiger charge is -2.07. The largest absolute Gasteiger partial charge is 0.473 e. The molecule has 1 aromatic heterocycles. The molecule has 0 fully saturated rings. The Morgan fingerprint density at radius 2 is 1.77 bits per heavy atom. The number of nitrogens with zero attached hydrogens (tertiary/aromatic N) is 2. The molecule has 0 saturated heterocycles. The number of hydrogen-bond donors (Lipinski definition) is 1. The van der Waals surface area contributed by atoms with E-state index in [-0.39, 0.29) is 17.4 Å². The topological polar surface area (TPSA) is 64.1 Å². The number of ether oxygens (including phenoxy) is 1. The van der Waals surface area contributed by atoms with Crippen molar-refractivity contribution in [2.45, 2.75) is 13.0 Å². The number of benzene rings is 2. The lowest BCUT2D eigenvalue weighted by molar-refractivity contribution is 0.0948. The van der Waals surface area contributed by atoms with E-state index < -0.39 is 0 Å². The van der Waals surface area contributed by atoms with Gasteiger partial charge in [-0.3, -0.25) is 4.79 Å². The number of carbonyl (C=O) groups is 1. The number of rotatable bonds is 7. The van der Waals surface area contributed by atoms with Crippen molar-refractivity contribution in [1.82, 2.24) is 15.3 Å². The van der Waals surface area contributed by atoms with E-state index in [4.69, 9.17) is 4.74 Å². The first-order valence-corrected chi connectivity index (χ1v) is 8.22. The van der Waals surface area contributed by atoms with Crippen molar-refractivity contribution in [2.24, 2.45) is 0 Å². The monoisotopic (exact) mass is 351 g/mol. The SMILES string of the molecule is O=C(NCCc1ccc(F)cc1)c1cc(OCc2ccccc2)ncn1. The standard InChI is InChI=1S/C20H18FN3O2/c21-17-8-6-15(7-9-17)10-11-22-20(25)18-12-19(24-14-23-18)26-13-16-4-2-1-3-5-16/h1-9,12,14H,10-11,13H2,(H,22,25). The molecule has 2 aromatic carbocycles. The summed E-state index contributed by atoms with van der Waals surface area (Å²) in [5.41, 5.74) is 2.19. The number of nitrogens with one attached hydrogen (secondary N) is 1. The highest BCUT2D eigenvalue weighted by Gasteiger charge is 2.09. The third-order valence-corrected chi connectivity index (χ3v) is 3.72. The Kier molecular flexibility index (Phi) is 5.88. The molecule has 132 valence electrons. The van der Waals surface area contributed by atoms with Crippen LogP contribution in [0.5, 0.6) is 5.88 Å². The summed E-state index contributed by atoms with van der Waals surface area (Å²) in [6.45, 7) is 0.790. The fourth-order valence-electron chi connectivity index (χ4n) is 2.34. The maximum atomic E-state index is 12.9. The van der Waals surface area contributed by atoms with Gasteiger partial charge in [-0.05, 0) is 29.7 Å². The fourth-order valence-corrected chi connectivity index (χ4v) is 2.34.